The van der Waals surface area contributed by atoms with Crippen molar-refractivity contribution in [3.05, 3.63) is 107 Å². The van der Waals surface area contributed by atoms with Crippen LogP contribution < -0.4 is 10.6 Å². The van der Waals surface area contributed by atoms with Crippen LogP contribution in [0, 0.1) is 0 Å². The number of carbonyl (C=O) groups is 2. The number of hydrogen-bond donors (Lipinski definition) is 4. The second kappa shape index (κ2) is 14.5. The largest absolute Gasteiger partial charge is 0.473 e. The summed E-state index contributed by atoms with van der Waals surface area (Å²) >= 11 is 0. The lowest BCUT2D eigenvalue weighted by molar-refractivity contribution is -0.159. The number of hydrogen-bond acceptors (Lipinski definition) is 4. The zero-order valence-electron chi connectivity index (χ0n) is 18.0. The lowest BCUT2D eigenvalue weighted by Crippen LogP contribution is -2.18. The van der Waals surface area contributed by atoms with E-state index in [1.165, 1.54) is 22.3 Å². The van der Waals surface area contributed by atoms with Crippen molar-refractivity contribution in [2.75, 3.05) is 13.1 Å². The molecule has 4 N–H and O–H groups in total. The molecule has 3 rings (SSSR count). The molecule has 168 valence electrons. The molecule has 0 spiro atoms. The highest BCUT2D eigenvalue weighted by atomic mass is 16.4. The third-order valence-corrected chi connectivity index (χ3v) is 4.70. The van der Waals surface area contributed by atoms with Crippen LogP contribution in [-0.2, 0) is 35.5 Å². The third-order valence-electron chi connectivity index (χ3n) is 4.70. The van der Waals surface area contributed by atoms with E-state index in [4.69, 9.17) is 19.8 Å². The van der Waals surface area contributed by atoms with Gasteiger partial charge in [0.25, 0.3) is 0 Å². The van der Waals surface area contributed by atoms with E-state index in [1.807, 2.05) is 0 Å². The molecule has 0 unspecified atom stereocenters. The number of aliphatic carboxylic acids is 2. The Balaban J connectivity index is 0.000000534. The maximum absolute atomic E-state index is 9.10. The normalized spacial score (nSPS) is 10.1. The van der Waals surface area contributed by atoms with E-state index >= 15 is 0 Å². The van der Waals surface area contributed by atoms with E-state index < -0.39 is 11.9 Å². The van der Waals surface area contributed by atoms with Crippen molar-refractivity contribution >= 4 is 11.9 Å². The Kier molecular flexibility index (Phi) is 11.2. The second-order valence-corrected chi connectivity index (χ2v) is 7.26. The fourth-order valence-corrected chi connectivity index (χ4v) is 3.07. The van der Waals surface area contributed by atoms with E-state index in [0.29, 0.717) is 0 Å². The minimum absolute atomic E-state index is 0.921. The minimum Gasteiger partial charge on any atom is -0.473 e. The van der Waals surface area contributed by atoms with Crippen LogP contribution in [0.4, 0.5) is 0 Å². The molecule has 0 aliphatic rings. The third kappa shape index (κ3) is 10.5. The van der Waals surface area contributed by atoms with E-state index in [-0.39, 0.29) is 0 Å². The van der Waals surface area contributed by atoms with Crippen molar-refractivity contribution in [1.82, 2.24) is 10.6 Å². The lowest BCUT2D eigenvalue weighted by atomic mass is 10.1. The first-order chi connectivity index (χ1) is 15.5. The number of rotatable bonds is 10. The number of carboxylic acid groups (broad SMARTS) is 2. The summed E-state index contributed by atoms with van der Waals surface area (Å²) in [6.45, 7) is 3.85. The maximum Gasteiger partial charge on any atom is 0.414 e. The molecule has 0 aliphatic carbocycles. The van der Waals surface area contributed by atoms with Gasteiger partial charge in [-0.05, 0) is 48.2 Å². The lowest BCUT2D eigenvalue weighted by Gasteiger charge is -2.09. The zero-order chi connectivity index (χ0) is 23.0. The maximum atomic E-state index is 9.10. The van der Waals surface area contributed by atoms with Crippen molar-refractivity contribution < 1.29 is 19.8 Å². The molecule has 6 heteroatoms. The van der Waals surface area contributed by atoms with Gasteiger partial charge in [0.2, 0.25) is 0 Å². The van der Waals surface area contributed by atoms with Gasteiger partial charge in [-0.3, -0.25) is 0 Å². The summed E-state index contributed by atoms with van der Waals surface area (Å²) in [5.41, 5.74) is 5.47. The van der Waals surface area contributed by atoms with E-state index in [2.05, 4.69) is 95.6 Å². The molecule has 0 aromatic heterocycles. The Hall–Kier alpha value is -3.48. The average Bonchev–Trinajstić information content (AvgIpc) is 2.82. The van der Waals surface area contributed by atoms with Gasteiger partial charge in [0, 0.05) is 13.1 Å². The SMILES string of the molecule is O=C(O)C(=O)O.c1ccc(CCNCc2cccc(CNCCc3ccccc3)c2)cc1. The quantitative estimate of drug-likeness (QED) is 0.288. The Morgan fingerprint density at radius 1 is 0.562 bits per heavy atom. The topological polar surface area (TPSA) is 98.7 Å². The standard InChI is InChI=1S/C24H28N2.C2H2O4/c1-3-8-21(9-4-1)14-16-25-19-23-12-7-13-24(18-23)20-26-17-15-22-10-5-2-6-11-22;3-1(4)2(5)6/h1-13,18,25-26H,14-17,19-20H2;(H,3,4)(H,5,6). The molecule has 0 amide bonds. The van der Waals surface area contributed by atoms with Crippen LogP contribution >= 0.6 is 0 Å². The molecule has 0 bridgehead atoms. The molecule has 3 aromatic rings. The number of nitrogens with one attached hydrogen (secondary N) is 2. The van der Waals surface area contributed by atoms with Crippen molar-refractivity contribution in [1.29, 1.82) is 0 Å². The second-order valence-electron chi connectivity index (χ2n) is 7.26. The van der Waals surface area contributed by atoms with Crippen LogP contribution in [0.5, 0.6) is 0 Å². The van der Waals surface area contributed by atoms with Gasteiger partial charge in [-0.15, -0.1) is 0 Å². The Bertz CT molecular complexity index is 872. The van der Waals surface area contributed by atoms with E-state index in [9.17, 15) is 0 Å². The molecule has 6 nitrogen and oxygen atoms in total. The summed E-state index contributed by atoms with van der Waals surface area (Å²) in [5, 5.41) is 21.9. The Morgan fingerprint density at radius 2 is 0.938 bits per heavy atom. The highest BCUT2D eigenvalue weighted by Gasteiger charge is 2.04. The molecule has 0 saturated heterocycles. The van der Waals surface area contributed by atoms with Gasteiger partial charge in [0.05, 0.1) is 0 Å². The van der Waals surface area contributed by atoms with Gasteiger partial charge >= 0.3 is 11.9 Å². The summed E-state index contributed by atoms with van der Waals surface area (Å²) < 4.78 is 0. The smallest absolute Gasteiger partial charge is 0.414 e. The first-order valence-electron chi connectivity index (χ1n) is 10.6. The van der Waals surface area contributed by atoms with Crippen LogP contribution in [0.15, 0.2) is 84.9 Å². The first kappa shape index (κ1) is 24.8. The van der Waals surface area contributed by atoms with Crippen LogP contribution in [-0.4, -0.2) is 35.2 Å². The molecular weight excluding hydrogens is 404 g/mol. The summed E-state index contributed by atoms with van der Waals surface area (Å²) in [4.78, 5) is 18.2. The van der Waals surface area contributed by atoms with Crippen molar-refractivity contribution in [3.63, 3.8) is 0 Å². The molecule has 0 fully saturated rings. The Labute approximate surface area is 188 Å². The van der Waals surface area contributed by atoms with Crippen molar-refractivity contribution in [2.45, 2.75) is 25.9 Å². The fourth-order valence-electron chi connectivity index (χ4n) is 3.07. The van der Waals surface area contributed by atoms with Crippen molar-refractivity contribution in [3.8, 4) is 0 Å². The van der Waals surface area contributed by atoms with Crippen LogP contribution in [0.1, 0.15) is 22.3 Å². The van der Waals surface area contributed by atoms with E-state index in [0.717, 1.165) is 39.0 Å². The molecule has 0 radical (unpaired) electrons. The molecule has 0 atom stereocenters. The fraction of sp³-hybridized carbons (Fsp3) is 0.231. The predicted molar refractivity (Wildman–Crippen MR) is 125 cm³/mol. The first-order valence-corrected chi connectivity index (χ1v) is 10.6. The molecule has 32 heavy (non-hydrogen) atoms. The van der Waals surface area contributed by atoms with Crippen LogP contribution in [0.2, 0.25) is 0 Å². The highest BCUT2D eigenvalue weighted by molar-refractivity contribution is 6.27. The molecular formula is C26H30N2O4. The number of carboxylic acids is 2. The summed E-state index contributed by atoms with van der Waals surface area (Å²) in [5.74, 6) is -3.65. The van der Waals surface area contributed by atoms with Crippen LogP contribution in [0.25, 0.3) is 0 Å². The highest BCUT2D eigenvalue weighted by Crippen LogP contribution is 2.06. The summed E-state index contributed by atoms with van der Waals surface area (Å²) in [6.07, 6.45) is 2.14. The van der Waals surface area contributed by atoms with Gasteiger partial charge in [0.1, 0.15) is 0 Å². The average molecular weight is 435 g/mol. The predicted octanol–water partition coefficient (Wildman–Crippen LogP) is 3.51. The van der Waals surface area contributed by atoms with Gasteiger partial charge < -0.3 is 20.8 Å². The molecule has 0 saturated carbocycles. The monoisotopic (exact) mass is 434 g/mol. The van der Waals surface area contributed by atoms with Gasteiger partial charge in [-0.2, -0.15) is 0 Å². The summed E-state index contributed by atoms with van der Waals surface area (Å²) in [7, 11) is 0. The summed E-state index contributed by atoms with van der Waals surface area (Å²) in [6, 6.07) is 30.1. The molecule has 3 aromatic carbocycles. The zero-order valence-corrected chi connectivity index (χ0v) is 18.0. The van der Waals surface area contributed by atoms with Crippen molar-refractivity contribution in [2.24, 2.45) is 0 Å². The van der Waals surface area contributed by atoms with Crippen LogP contribution in [0.3, 0.4) is 0 Å². The van der Waals surface area contributed by atoms with Gasteiger partial charge in [-0.25, -0.2) is 9.59 Å². The Morgan fingerprint density at radius 3 is 1.31 bits per heavy atom. The minimum atomic E-state index is -1.82. The molecule has 0 aliphatic heterocycles. The van der Waals surface area contributed by atoms with E-state index in [1.54, 1.807) is 0 Å². The molecule has 0 heterocycles. The van der Waals surface area contributed by atoms with Gasteiger partial charge in [0.15, 0.2) is 0 Å². The number of benzene rings is 3. The van der Waals surface area contributed by atoms with Gasteiger partial charge in [-0.1, -0.05) is 84.9 Å².